The molecule has 424 valence electrons. The van der Waals surface area contributed by atoms with Gasteiger partial charge in [-0.25, -0.2) is 9.98 Å². The minimum Gasteiger partial charge on any atom is -0.394 e. The molecular weight excluding hydrogens is 1150 g/mol. The Hall–Kier alpha value is -9.36. The number of hydrogen-bond acceptors (Lipinski definition) is 24. The first-order valence-corrected chi connectivity index (χ1v) is 29.1. The molecule has 0 aliphatic rings. The summed E-state index contributed by atoms with van der Waals surface area (Å²) in [4.78, 5) is 29.3. The molecule has 8 rings (SSSR count). The number of aliphatic hydroxyl groups is 2. The minimum atomic E-state index is -4.90. The van der Waals surface area contributed by atoms with Crippen LogP contribution in [0.2, 0.25) is 0 Å². The minimum absolute atomic E-state index is 0.00102. The van der Waals surface area contributed by atoms with E-state index in [-0.39, 0.29) is 93.6 Å². The molecule has 0 amide bonds. The zero-order chi connectivity index (χ0) is 58.7. The highest BCUT2D eigenvalue weighted by Crippen LogP contribution is 2.31. The second-order valence-electron chi connectivity index (χ2n) is 16.6. The second-order valence-corrected chi connectivity index (χ2v) is 22.2. The number of aromatic nitrogens is 6. The van der Waals surface area contributed by atoms with Crippen LogP contribution >= 0.6 is 0 Å². The predicted molar refractivity (Wildman–Crippen MR) is 296 cm³/mol. The van der Waals surface area contributed by atoms with E-state index in [4.69, 9.17) is 0 Å². The van der Waals surface area contributed by atoms with Gasteiger partial charge >= 0.3 is 0 Å². The monoisotopic (exact) mass is 1200 g/mol. The number of anilines is 8. The van der Waals surface area contributed by atoms with Gasteiger partial charge in [0.1, 0.15) is 9.79 Å². The zero-order valence-corrected chi connectivity index (χ0v) is 45.0. The summed E-state index contributed by atoms with van der Waals surface area (Å²) < 4.78 is 135. The molecule has 0 fully saturated rings. The van der Waals surface area contributed by atoms with Gasteiger partial charge in [-0.2, -0.15) is 74.1 Å². The van der Waals surface area contributed by atoms with Crippen molar-refractivity contribution in [2.75, 3.05) is 47.6 Å². The predicted octanol–water partition coefficient (Wildman–Crippen LogP) is 6.67. The van der Waals surface area contributed by atoms with E-state index in [0.29, 0.717) is 34.1 Å². The SMILES string of the molecule is O=S(=O)(O)c1ccc(Nc2nc(=NCCO)nc(Nc3ccc(N=Nc4ccc(/C=C/c5ccc(N=Nc6ccc(Nc7nc(=NCCO)nc(Nc8ccc(S(=O)(=O)O)cc8)[nH]7)cc6)cc5S(=O)(=O)O)c(S(=O)(=O)O)c4)cc3)[nH]2)cc1. The number of nitrogens with one attached hydrogen (secondary N) is 6. The topological polar surface area (TPSA) is 463 Å². The van der Waals surface area contributed by atoms with Crippen molar-refractivity contribution in [3.63, 3.8) is 0 Å². The van der Waals surface area contributed by atoms with E-state index in [1.54, 1.807) is 48.5 Å². The first-order valence-electron chi connectivity index (χ1n) is 23.3. The van der Waals surface area contributed by atoms with Crippen LogP contribution in [0.3, 0.4) is 0 Å². The third-order valence-corrected chi connectivity index (χ3v) is 14.2. The summed E-state index contributed by atoms with van der Waals surface area (Å²) in [5, 5.41) is 47.0. The Morgan fingerprint density at radius 3 is 0.951 bits per heavy atom. The maximum atomic E-state index is 12.6. The highest BCUT2D eigenvalue weighted by Gasteiger charge is 2.19. The molecule has 82 heavy (non-hydrogen) atoms. The molecule has 0 saturated heterocycles. The van der Waals surface area contributed by atoms with Crippen LogP contribution in [0.4, 0.5) is 69.3 Å². The first kappa shape index (κ1) is 58.8. The van der Waals surface area contributed by atoms with Crippen molar-refractivity contribution in [2.24, 2.45) is 30.4 Å². The van der Waals surface area contributed by atoms with Gasteiger partial charge < -0.3 is 31.5 Å². The van der Waals surface area contributed by atoms with E-state index in [1.165, 1.54) is 84.9 Å². The fourth-order valence-electron chi connectivity index (χ4n) is 6.96. The van der Waals surface area contributed by atoms with Crippen LogP contribution in [0, 0.1) is 0 Å². The lowest BCUT2D eigenvalue weighted by molar-refractivity contribution is 0.305. The molecule has 0 aliphatic carbocycles. The summed E-state index contributed by atoms with van der Waals surface area (Å²) in [6.07, 6.45) is 2.40. The molecular formula is C48H44N16O14S4. The van der Waals surface area contributed by atoms with Crippen LogP contribution in [0.1, 0.15) is 11.1 Å². The fourth-order valence-corrected chi connectivity index (χ4v) is 9.32. The largest absolute Gasteiger partial charge is 0.394 e. The van der Waals surface area contributed by atoms with Crippen molar-refractivity contribution in [3.05, 3.63) is 156 Å². The Bertz CT molecular complexity index is 4080. The van der Waals surface area contributed by atoms with E-state index < -0.39 is 50.3 Å². The molecule has 0 unspecified atom stereocenters. The lowest BCUT2D eigenvalue weighted by Crippen LogP contribution is -2.19. The summed E-state index contributed by atoms with van der Waals surface area (Å²) in [6, 6.07) is 30.5. The third kappa shape index (κ3) is 16.6. The highest BCUT2D eigenvalue weighted by molar-refractivity contribution is 7.86. The van der Waals surface area contributed by atoms with Crippen molar-refractivity contribution in [2.45, 2.75) is 19.6 Å². The van der Waals surface area contributed by atoms with E-state index >= 15 is 0 Å². The Morgan fingerprint density at radius 2 is 0.671 bits per heavy atom. The Balaban J connectivity index is 0.931. The van der Waals surface area contributed by atoms with Crippen molar-refractivity contribution in [3.8, 4) is 0 Å². The second kappa shape index (κ2) is 25.4. The molecule has 0 radical (unpaired) electrons. The lowest BCUT2D eigenvalue weighted by atomic mass is 10.1. The van der Waals surface area contributed by atoms with Crippen molar-refractivity contribution in [1.29, 1.82) is 0 Å². The van der Waals surface area contributed by atoms with E-state index in [1.807, 2.05) is 0 Å². The molecule has 2 heterocycles. The first-order chi connectivity index (χ1) is 39.0. The van der Waals surface area contributed by atoms with Crippen LogP contribution in [0.25, 0.3) is 12.2 Å². The van der Waals surface area contributed by atoms with Crippen molar-refractivity contribution >= 4 is 122 Å². The standard InChI is InChI=1S/C48H44N16O14S4/c65-25-23-49-43-55-45(59-47(57-43)53-33-15-19-39(20-16-33)79(67,68)69)51-31-7-11-35(12-8-31)61-63-37-5-3-29(41(27-37)81(73,74)75)1-2-30-4-6-38(28-42(30)82(76,77)78)64-62-36-13-9-32(10-14-36)52-46-56-44(50-24-26-66)58-48(60-46)54-34-17-21-40(22-18-34)80(70,71)72/h1-22,27-28,65-66H,23-26H2,(H,67,68,69)(H,70,71,72)(H,73,74,75)(H,76,77,78)(H3,49,51,53,55,57,59)(H3,50,52,54,56,58,60)/b2-1+,63-61?,64-62?. The molecule has 12 N–H and O–H groups in total. The van der Waals surface area contributed by atoms with Crippen molar-refractivity contribution < 1.29 is 62.1 Å². The highest BCUT2D eigenvalue weighted by atomic mass is 32.2. The molecule has 0 saturated carbocycles. The van der Waals surface area contributed by atoms with Gasteiger partial charge in [0.25, 0.3) is 51.7 Å². The van der Waals surface area contributed by atoms with Gasteiger partial charge in [-0.3, -0.25) is 28.2 Å². The zero-order valence-electron chi connectivity index (χ0n) is 41.7. The van der Waals surface area contributed by atoms with Gasteiger partial charge in [0.2, 0.25) is 23.8 Å². The maximum absolute atomic E-state index is 12.6. The summed E-state index contributed by atoms with van der Waals surface area (Å²) in [7, 11) is -18.6. The normalized spacial score (nSPS) is 12.9. The van der Waals surface area contributed by atoms with Crippen LogP contribution in [0.15, 0.2) is 183 Å². The molecule has 6 aromatic carbocycles. The smallest absolute Gasteiger partial charge is 0.295 e. The summed E-state index contributed by atoms with van der Waals surface area (Å²) >= 11 is 0. The summed E-state index contributed by atoms with van der Waals surface area (Å²) in [6.45, 7) is -0.546. The molecule has 30 nitrogen and oxygen atoms in total. The van der Waals surface area contributed by atoms with Gasteiger partial charge in [-0.05, 0) is 132 Å². The molecule has 0 aliphatic heterocycles. The lowest BCUT2D eigenvalue weighted by Gasteiger charge is -2.10. The van der Waals surface area contributed by atoms with E-state index in [0.717, 1.165) is 12.1 Å². The van der Waals surface area contributed by atoms with Gasteiger partial charge in [0, 0.05) is 22.7 Å². The molecule has 8 aromatic rings. The summed E-state index contributed by atoms with van der Waals surface area (Å²) in [5.41, 5.74) is 2.24. The molecule has 2 aromatic heterocycles. The average molecular weight is 1200 g/mol. The molecule has 0 atom stereocenters. The van der Waals surface area contributed by atoms with Crippen molar-refractivity contribution in [1.82, 2.24) is 29.9 Å². The average Bonchev–Trinajstić information content (AvgIpc) is 3.55. The number of H-pyrrole nitrogens is 2. The number of azo groups is 2. The third-order valence-electron chi connectivity index (χ3n) is 10.7. The summed E-state index contributed by atoms with van der Waals surface area (Å²) in [5.74, 6) is 0.566. The molecule has 0 spiro atoms. The van der Waals surface area contributed by atoms with Gasteiger partial charge in [0.05, 0.1) is 58.8 Å². The number of nitrogens with zero attached hydrogens (tertiary/aromatic N) is 10. The van der Waals surface area contributed by atoms with Gasteiger partial charge in [-0.15, -0.1) is 0 Å². The number of rotatable bonds is 22. The number of aromatic amines is 2. The Kier molecular flexibility index (Phi) is 18.2. The van der Waals surface area contributed by atoms with Crippen LogP contribution < -0.4 is 32.5 Å². The number of hydrogen-bond donors (Lipinski definition) is 12. The fraction of sp³-hybridized carbons (Fsp3) is 0.0833. The molecule has 34 heteroatoms. The van der Waals surface area contributed by atoms with Crippen LogP contribution in [-0.4, -0.2) is 118 Å². The Morgan fingerprint density at radius 1 is 0.390 bits per heavy atom. The van der Waals surface area contributed by atoms with E-state index in [9.17, 15) is 62.1 Å². The molecule has 0 bridgehead atoms. The number of benzene rings is 6. The van der Waals surface area contributed by atoms with Gasteiger partial charge in [0.15, 0.2) is 0 Å². The quantitative estimate of drug-likeness (QED) is 0.0191. The van der Waals surface area contributed by atoms with Gasteiger partial charge in [-0.1, -0.05) is 24.3 Å². The van der Waals surface area contributed by atoms with E-state index in [2.05, 4.69) is 81.6 Å². The number of aliphatic hydroxyl groups excluding tert-OH is 2. The Labute approximate surface area is 465 Å². The van der Waals surface area contributed by atoms with Crippen LogP contribution in [0.5, 0.6) is 0 Å². The maximum Gasteiger partial charge on any atom is 0.295 e. The van der Waals surface area contributed by atoms with Crippen LogP contribution in [-0.2, 0) is 40.5 Å².